The van der Waals surface area contributed by atoms with Crippen molar-refractivity contribution in [2.24, 2.45) is 10.3 Å². The van der Waals surface area contributed by atoms with E-state index in [1.807, 2.05) is 35.3 Å². The third-order valence-corrected chi connectivity index (χ3v) is 6.21. The zero-order valence-corrected chi connectivity index (χ0v) is 20.3. The van der Waals surface area contributed by atoms with Gasteiger partial charge in [-0.2, -0.15) is 4.98 Å². The summed E-state index contributed by atoms with van der Waals surface area (Å²) in [6, 6.07) is 15.7. The molecule has 0 bridgehead atoms. The van der Waals surface area contributed by atoms with E-state index in [2.05, 4.69) is 37.2 Å². The average molecular weight is 502 g/mol. The standard InChI is InChI=1S/C24H23N9O2S/c1-31-9-11-32(12-10-31)30-29-17-7-5-15(6-8-17)20-14-19(16-3-2-4-18(13-16)33(34)35)21-22(25)27-24(36)28-23(21)26-20/h2-8,13-14H,9-12H2,1H3,(H3,25,26,27,28,36). The van der Waals surface area contributed by atoms with Crippen molar-refractivity contribution in [3.8, 4) is 22.4 Å². The van der Waals surface area contributed by atoms with E-state index in [0.29, 0.717) is 33.7 Å². The number of aromatic amines is 1. The van der Waals surface area contributed by atoms with E-state index in [1.54, 1.807) is 12.1 Å². The minimum atomic E-state index is -0.432. The Bertz CT molecular complexity index is 1530. The molecule has 2 aromatic heterocycles. The van der Waals surface area contributed by atoms with E-state index < -0.39 is 4.92 Å². The van der Waals surface area contributed by atoms with Crippen LogP contribution in [0.1, 0.15) is 0 Å². The molecule has 0 unspecified atom stereocenters. The molecule has 12 heteroatoms. The Morgan fingerprint density at radius 2 is 1.81 bits per heavy atom. The van der Waals surface area contributed by atoms with Gasteiger partial charge < -0.3 is 15.6 Å². The van der Waals surface area contributed by atoms with Crippen LogP contribution in [0.4, 0.5) is 17.2 Å². The van der Waals surface area contributed by atoms with Crippen LogP contribution in [0, 0.1) is 14.9 Å². The van der Waals surface area contributed by atoms with Gasteiger partial charge in [0, 0.05) is 30.8 Å². The maximum Gasteiger partial charge on any atom is 0.270 e. The average Bonchev–Trinajstić information content (AvgIpc) is 2.88. The Labute approximate surface area is 211 Å². The number of nitro benzene ring substituents is 1. The maximum atomic E-state index is 11.4. The number of nitrogens with two attached hydrogens (primary N) is 1. The number of benzene rings is 2. The van der Waals surface area contributed by atoms with Crippen LogP contribution in [0.3, 0.4) is 0 Å². The molecule has 11 nitrogen and oxygen atoms in total. The fourth-order valence-corrected chi connectivity index (χ4v) is 4.24. The van der Waals surface area contributed by atoms with E-state index in [-0.39, 0.29) is 10.5 Å². The van der Waals surface area contributed by atoms with Gasteiger partial charge in [0.1, 0.15) is 5.82 Å². The van der Waals surface area contributed by atoms with Gasteiger partial charge in [-0.3, -0.25) is 15.1 Å². The highest BCUT2D eigenvalue weighted by Crippen LogP contribution is 2.35. The van der Waals surface area contributed by atoms with Gasteiger partial charge >= 0.3 is 0 Å². The summed E-state index contributed by atoms with van der Waals surface area (Å²) in [5.74, 6) is 0.297. The molecule has 0 radical (unpaired) electrons. The van der Waals surface area contributed by atoms with Crippen LogP contribution in [0.2, 0.25) is 0 Å². The molecule has 2 aromatic carbocycles. The van der Waals surface area contributed by atoms with Crippen molar-refractivity contribution in [1.82, 2.24) is 24.9 Å². The number of nitrogens with one attached hydrogen (secondary N) is 1. The first kappa shape index (κ1) is 23.5. The predicted molar refractivity (Wildman–Crippen MR) is 140 cm³/mol. The molecule has 0 atom stereocenters. The highest BCUT2D eigenvalue weighted by molar-refractivity contribution is 7.71. The normalized spacial score (nSPS) is 14.5. The quantitative estimate of drug-likeness (QED) is 0.173. The number of hydrogen-bond donors (Lipinski definition) is 2. The number of piperazine rings is 1. The summed E-state index contributed by atoms with van der Waals surface area (Å²) < 4.78 is 0.203. The number of nitrogen functional groups attached to an aromatic ring is 1. The second-order valence-corrected chi connectivity index (χ2v) is 8.90. The lowest BCUT2D eigenvalue weighted by molar-refractivity contribution is -0.384. The van der Waals surface area contributed by atoms with E-state index >= 15 is 0 Å². The van der Waals surface area contributed by atoms with Crippen LogP contribution in [-0.4, -0.2) is 63.0 Å². The second-order valence-electron chi connectivity index (χ2n) is 8.51. The second kappa shape index (κ2) is 9.76. The monoisotopic (exact) mass is 501 g/mol. The highest BCUT2D eigenvalue weighted by atomic mass is 32.1. The fourth-order valence-electron chi connectivity index (χ4n) is 4.04. The number of nitro groups is 1. The number of rotatable bonds is 5. The van der Waals surface area contributed by atoms with Crippen LogP contribution < -0.4 is 5.73 Å². The molecule has 3 N–H and O–H groups in total. The first-order valence-corrected chi connectivity index (χ1v) is 11.7. The van der Waals surface area contributed by atoms with Crippen molar-refractivity contribution >= 4 is 40.4 Å². The number of non-ortho nitro benzene ring substituents is 1. The minimum absolute atomic E-state index is 0.0236. The fraction of sp³-hybridized carbons (Fsp3) is 0.208. The lowest BCUT2D eigenvalue weighted by atomic mass is 9.99. The van der Waals surface area contributed by atoms with E-state index in [9.17, 15) is 10.1 Å². The SMILES string of the molecule is CN1CCN(N=Nc2ccc(-c3cc(-c4cccc([N+](=O)[O-])c4)c4c(N)[nH]c(=S)nc4n3)cc2)CC1. The topological polar surface area (TPSA) is 142 Å². The van der Waals surface area contributed by atoms with E-state index in [0.717, 1.165) is 37.4 Å². The van der Waals surface area contributed by atoms with Crippen molar-refractivity contribution in [3.63, 3.8) is 0 Å². The Morgan fingerprint density at radius 1 is 1.06 bits per heavy atom. The third kappa shape index (κ3) is 4.90. The van der Waals surface area contributed by atoms with Gasteiger partial charge in [-0.05, 0) is 48.6 Å². The highest BCUT2D eigenvalue weighted by Gasteiger charge is 2.16. The molecule has 5 rings (SSSR count). The van der Waals surface area contributed by atoms with Crippen molar-refractivity contribution < 1.29 is 4.92 Å². The van der Waals surface area contributed by atoms with Crippen LogP contribution in [-0.2, 0) is 0 Å². The molecule has 1 fully saturated rings. The van der Waals surface area contributed by atoms with E-state index in [4.69, 9.17) is 18.0 Å². The first-order valence-electron chi connectivity index (χ1n) is 11.3. The number of likely N-dealkylation sites (N-methyl/N-ethyl adjacent to an activating group) is 1. The van der Waals surface area contributed by atoms with Gasteiger partial charge in [0.05, 0.1) is 34.8 Å². The number of hydrogen-bond acceptors (Lipinski definition) is 9. The summed E-state index contributed by atoms with van der Waals surface area (Å²) >= 11 is 5.20. The van der Waals surface area contributed by atoms with Gasteiger partial charge in [-0.15, -0.1) is 5.11 Å². The summed E-state index contributed by atoms with van der Waals surface area (Å²) in [5, 5.41) is 22.6. The molecule has 0 saturated carbocycles. The summed E-state index contributed by atoms with van der Waals surface area (Å²) in [4.78, 5) is 25.1. The molecule has 36 heavy (non-hydrogen) atoms. The molecule has 182 valence electrons. The predicted octanol–water partition coefficient (Wildman–Crippen LogP) is 4.76. The van der Waals surface area contributed by atoms with Crippen molar-refractivity contribution in [3.05, 3.63) is 69.5 Å². The molecule has 0 aliphatic carbocycles. The van der Waals surface area contributed by atoms with E-state index in [1.165, 1.54) is 12.1 Å². The molecule has 4 aromatic rings. The Morgan fingerprint density at radius 3 is 2.53 bits per heavy atom. The van der Waals surface area contributed by atoms with Crippen molar-refractivity contribution in [2.45, 2.75) is 0 Å². The number of pyridine rings is 1. The number of nitrogens with zero attached hydrogens (tertiary/aromatic N) is 7. The largest absolute Gasteiger partial charge is 0.385 e. The first-order chi connectivity index (χ1) is 17.4. The smallest absolute Gasteiger partial charge is 0.270 e. The van der Waals surface area contributed by atoms with Crippen LogP contribution in [0.5, 0.6) is 0 Å². The number of anilines is 1. The van der Waals surface area contributed by atoms with Crippen LogP contribution >= 0.6 is 12.2 Å². The molecule has 1 aliphatic heterocycles. The lowest BCUT2D eigenvalue weighted by Gasteiger charge is -2.29. The summed E-state index contributed by atoms with van der Waals surface area (Å²) in [5.41, 5.74) is 10.0. The zero-order chi connectivity index (χ0) is 25.2. The molecule has 1 saturated heterocycles. The van der Waals surface area contributed by atoms with Gasteiger partial charge in [0.25, 0.3) is 5.69 Å². The Hall–Kier alpha value is -4.29. The van der Waals surface area contributed by atoms with Gasteiger partial charge in [-0.25, -0.2) is 4.98 Å². The summed E-state index contributed by atoms with van der Waals surface area (Å²) in [6.07, 6.45) is 0. The Balaban J connectivity index is 1.53. The molecule has 3 heterocycles. The van der Waals surface area contributed by atoms with Gasteiger partial charge in [-0.1, -0.05) is 29.5 Å². The zero-order valence-electron chi connectivity index (χ0n) is 19.5. The van der Waals surface area contributed by atoms with Gasteiger partial charge in [0.2, 0.25) is 0 Å². The van der Waals surface area contributed by atoms with Crippen LogP contribution in [0.15, 0.2) is 64.9 Å². The van der Waals surface area contributed by atoms with Crippen molar-refractivity contribution in [1.29, 1.82) is 0 Å². The third-order valence-electron chi connectivity index (χ3n) is 6.02. The lowest BCUT2D eigenvalue weighted by Crippen LogP contribution is -2.41. The summed E-state index contributed by atoms with van der Waals surface area (Å²) in [6.45, 7) is 3.61. The molecular formula is C24H23N9O2S. The summed E-state index contributed by atoms with van der Waals surface area (Å²) in [7, 11) is 2.09. The van der Waals surface area contributed by atoms with Crippen molar-refractivity contribution in [2.75, 3.05) is 39.0 Å². The van der Waals surface area contributed by atoms with Gasteiger partial charge in [0.15, 0.2) is 10.4 Å². The maximum absolute atomic E-state index is 11.4. The molecule has 0 amide bonds. The minimum Gasteiger partial charge on any atom is -0.385 e. The molecular weight excluding hydrogens is 478 g/mol. The molecule has 1 aliphatic rings. The molecule has 0 spiro atoms. The number of aromatic nitrogens is 3. The van der Waals surface area contributed by atoms with Crippen LogP contribution in [0.25, 0.3) is 33.4 Å². The number of H-pyrrole nitrogens is 1. The Kier molecular flexibility index (Phi) is 6.36. The number of fused-ring (bicyclic) bond motifs is 1.